The van der Waals surface area contributed by atoms with Crippen LogP contribution in [0.3, 0.4) is 0 Å². The van der Waals surface area contributed by atoms with Crippen LogP contribution < -0.4 is 0 Å². The molecule has 60 valence electrons. The van der Waals surface area contributed by atoms with Crippen molar-refractivity contribution < 1.29 is 4.39 Å². The summed E-state index contributed by atoms with van der Waals surface area (Å²) in [4.78, 5) is 0. The van der Waals surface area contributed by atoms with Gasteiger partial charge >= 0.3 is 0 Å². The van der Waals surface area contributed by atoms with Gasteiger partial charge in [0.25, 0.3) is 0 Å². The summed E-state index contributed by atoms with van der Waals surface area (Å²) in [7, 11) is 0. The lowest BCUT2D eigenvalue weighted by Gasteiger charge is -1.95. The van der Waals surface area contributed by atoms with E-state index in [2.05, 4.69) is 10.2 Å². The maximum Gasteiger partial charge on any atom is 0.119 e. The fourth-order valence-corrected chi connectivity index (χ4v) is 1.34. The molecule has 0 bridgehead atoms. The van der Waals surface area contributed by atoms with Crippen LogP contribution in [0.1, 0.15) is 6.42 Å². The van der Waals surface area contributed by atoms with E-state index in [0.717, 1.165) is 10.8 Å². The third-order valence-corrected chi connectivity index (χ3v) is 2.08. The zero-order chi connectivity index (χ0) is 7.94. The molecule has 0 fully saturated rings. The van der Waals surface area contributed by atoms with Crippen molar-refractivity contribution >= 4 is 11.8 Å². The normalized spacial score (nSPS) is 9.91. The van der Waals surface area contributed by atoms with E-state index in [-0.39, 0.29) is 6.67 Å². The largest absolute Gasteiger partial charge is 0.251 e. The van der Waals surface area contributed by atoms with Crippen LogP contribution in [0.2, 0.25) is 0 Å². The zero-order valence-corrected chi connectivity index (χ0v) is 6.85. The molecule has 1 rings (SSSR count). The molecule has 0 aliphatic heterocycles. The molecule has 11 heavy (non-hydrogen) atoms. The number of hydrogen-bond donors (Lipinski definition) is 0. The Labute approximate surface area is 69.2 Å². The Morgan fingerprint density at radius 2 is 2.45 bits per heavy atom. The minimum atomic E-state index is -0.257. The molecule has 0 saturated heterocycles. The molecule has 0 saturated carbocycles. The van der Waals surface area contributed by atoms with Gasteiger partial charge in [0.2, 0.25) is 0 Å². The molecular weight excluding hydrogens is 163 g/mol. The average Bonchev–Trinajstić information content (AvgIpc) is 2.07. The fourth-order valence-electron chi connectivity index (χ4n) is 0.596. The second-order valence-electron chi connectivity index (χ2n) is 1.95. The van der Waals surface area contributed by atoms with Gasteiger partial charge in [-0.1, -0.05) is 0 Å². The molecule has 2 nitrogen and oxygen atoms in total. The third kappa shape index (κ3) is 3.32. The predicted octanol–water partition coefficient (Wildman–Crippen LogP) is 1.93. The summed E-state index contributed by atoms with van der Waals surface area (Å²) in [5, 5.41) is 8.40. The van der Waals surface area contributed by atoms with E-state index in [1.165, 1.54) is 11.8 Å². The predicted molar refractivity (Wildman–Crippen MR) is 43.3 cm³/mol. The molecule has 0 amide bonds. The molecule has 0 unspecified atom stereocenters. The second-order valence-corrected chi connectivity index (χ2v) is 3.07. The van der Waals surface area contributed by atoms with Crippen molar-refractivity contribution in [1.29, 1.82) is 0 Å². The molecule has 4 heteroatoms. The molecule has 0 spiro atoms. The van der Waals surface area contributed by atoms with E-state index in [1.54, 1.807) is 6.20 Å². The van der Waals surface area contributed by atoms with Crippen LogP contribution in [0, 0.1) is 0 Å². The Morgan fingerprint density at radius 3 is 3.09 bits per heavy atom. The van der Waals surface area contributed by atoms with E-state index in [1.807, 2.05) is 12.1 Å². The zero-order valence-electron chi connectivity index (χ0n) is 6.03. The van der Waals surface area contributed by atoms with Gasteiger partial charge in [-0.15, -0.1) is 16.9 Å². The SMILES string of the molecule is FCCCSc1cccnn1. The number of hydrogen-bond acceptors (Lipinski definition) is 3. The van der Waals surface area contributed by atoms with Crippen molar-refractivity contribution in [3.05, 3.63) is 18.3 Å². The summed E-state index contributed by atoms with van der Waals surface area (Å²) in [5.41, 5.74) is 0. The monoisotopic (exact) mass is 172 g/mol. The number of rotatable bonds is 4. The number of nitrogens with zero attached hydrogens (tertiary/aromatic N) is 2. The summed E-state index contributed by atoms with van der Waals surface area (Å²) >= 11 is 1.53. The van der Waals surface area contributed by atoms with Crippen molar-refractivity contribution in [2.45, 2.75) is 11.4 Å². The van der Waals surface area contributed by atoms with Crippen molar-refractivity contribution in [3.63, 3.8) is 0 Å². The first-order chi connectivity index (χ1) is 5.43. The van der Waals surface area contributed by atoms with Crippen molar-refractivity contribution in [3.8, 4) is 0 Å². The van der Waals surface area contributed by atoms with E-state index in [0.29, 0.717) is 6.42 Å². The highest BCUT2D eigenvalue weighted by atomic mass is 32.2. The average molecular weight is 172 g/mol. The Kier molecular flexibility index (Phi) is 3.90. The minimum Gasteiger partial charge on any atom is -0.251 e. The van der Waals surface area contributed by atoms with Crippen molar-refractivity contribution in [2.75, 3.05) is 12.4 Å². The van der Waals surface area contributed by atoms with Gasteiger partial charge in [0.1, 0.15) is 5.03 Å². The molecule has 0 N–H and O–H groups in total. The summed E-state index contributed by atoms with van der Waals surface area (Å²) in [6.45, 7) is -0.257. The third-order valence-electron chi connectivity index (χ3n) is 1.08. The Bertz CT molecular complexity index is 193. The maximum absolute atomic E-state index is 11.6. The van der Waals surface area contributed by atoms with Crippen LogP contribution in [0.5, 0.6) is 0 Å². The molecule has 0 radical (unpaired) electrons. The first-order valence-corrected chi connectivity index (χ1v) is 4.38. The molecule has 0 aromatic carbocycles. The number of alkyl halides is 1. The van der Waals surface area contributed by atoms with Crippen LogP contribution >= 0.6 is 11.8 Å². The number of aromatic nitrogens is 2. The first kappa shape index (κ1) is 8.46. The van der Waals surface area contributed by atoms with Crippen LogP contribution in [-0.2, 0) is 0 Å². The summed E-state index contributed by atoms with van der Waals surface area (Å²) in [6, 6.07) is 3.70. The molecular formula is C7H9FN2S. The van der Waals surface area contributed by atoms with Crippen LogP contribution in [0.15, 0.2) is 23.4 Å². The van der Waals surface area contributed by atoms with E-state index >= 15 is 0 Å². The van der Waals surface area contributed by atoms with Crippen molar-refractivity contribution in [2.24, 2.45) is 0 Å². The Morgan fingerprint density at radius 1 is 1.55 bits per heavy atom. The molecule has 1 heterocycles. The van der Waals surface area contributed by atoms with E-state index in [9.17, 15) is 4.39 Å². The minimum absolute atomic E-state index is 0.257. The van der Waals surface area contributed by atoms with Gasteiger partial charge in [-0.3, -0.25) is 4.39 Å². The van der Waals surface area contributed by atoms with Gasteiger partial charge in [-0.2, -0.15) is 5.10 Å². The highest BCUT2D eigenvalue weighted by molar-refractivity contribution is 7.99. The quantitative estimate of drug-likeness (QED) is 0.512. The molecule has 0 aliphatic rings. The van der Waals surface area contributed by atoms with Gasteiger partial charge in [0.15, 0.2) is 0 Å². The first-order valence-electron chi connectivity index (χ1n) is 3.40. The lowest BCUT2D eigenvalue weighted by atomic mass is 10.6. The van der Waals surface area contributed by atoms with Crippen LogP contribution in [0.4, 0.5) is 4.39 Å². The molecule has 1 aromatic rings. The lowest BCUT2D eigenvalue weighted by Crippen LogP contribution is -1.85. The lowest BCUT2D eigenvalue weighted by molar-refractivity contribution is 0.489. The second kappa shape index (κ2) is 5.07. The van der Waals surface area contributed by atoms with Gasteiger partial charge in [-0.05, 0) is 18.6 Å². The highest BCUT2D eigenvalue weighted by Crippen LogP contribution is 2.13. The maximum atomic E-state index is 11.6. The van der Waals surface area contributed by atoms with Crippen LogP contribution in [0.25, 0.3) is 0 Å². The summed E-state index contributed by atoms with van der Waals surface area (Å²) < 4.78 is 11.6. The Balaban J connectivity index is 2.28. The number of halogens is 1. The van der Waals surface area contributed by atoms with Crippen molar-refractivity contribution in [1.82, 2.24) is 10.2 Å². The summed E-state index contributed by atoms with van der Waals surface area (Å²) in [6.07, 6.45) is 2.21. The summed E-state index contributed by atoms with van der Waals surface area (Å²) in [5.74, 6) is 0.773. The van der Waals surface area contributed by atoms with Crippen LogP contribution in [-0.4, -0.2) is 22.6 Å². The molecule has 0 atom stereocenters. The standard InChI is InChI=1S/C7H9FN2S/c8-4-2-6-11-7-3-1-5-9-10-7/h1,3,5H,2,4,6H2. The van der Waals surface area contributed by atoms with E-state index in [4.69, 9.17) is 0 Å². The van der Waals surface area contributed by atoms with Gasteiger partial charge in [-0.25, -0.2) is 0 Å². The molecule has 0 aliphatic carbocycles. The smallest absolute Gasteiger partial charge is 0.119 e. The number of thioether (sulfide) groups is 1. The topological polar surface area (TPSA) is 25.8 Å². The van der Waals surface area contributed by atoms with Gasteiger partial charge in [0.05, 0.1) is 6.67 Å². The Hall–Kier alpha value is -0.640. The highest BCUT2D eigenvalue weighted by Gasteiger charge is 1.93. The fraction of sp³-hybridized carbons (Fsp3) is 0.429. The molecule has 1 aromatic heterocycles. The van der Waals surface area contributed by atoms with Gasteiger partial charge in [0, 0.05) is 11.9 Å². The van der Waals surface area contributed by atoms with E-state index < -0.39 is 0 Å². The van der Waals surface area contributed by atoms with Gasteiger partial charge < -0.3 is 0 Å².